The molecule has 0 unspecified atom stereocenters. The quantitative estimate of drug-likeness (QED) is 0.301. The zero-order valence-corrected chi connectivity index (χ0v) is 30.3. The third kappa shape index (κ3) is 9.23. The summed E-state index contributed by atoms with van der Waals surface area (Å²) >= 11 is 0. The number of Topliss-reactive ketones (excluding diaryl/α,β-unsaturated/α-hetero) is 1. The van der Waals surface area contributed by atoms with E-state index in [0.717, 1.165) is 19.5 Å². The van der Waals surface area contributed by atoms with E-state index < -0.39 is 41.4 Å². The zero-order chi connectivity index (χ0) is 33.7. The fourth-order valence-electron chi connectivity index (χ4n) is 7.35. The highest BCUT2D eigenvalue weighted by Gasteiger charge is 2.51. The van der Waals surface area contributed by atoms with Crippen molar-refractivity contribution < 1.29 is 33.6 Å². The van der Waals surface area contributed by atoms with Crippen LogP contribution in [0.5, 0.6) is 0 Å². The van der Waals surface area contributed by atoms with Gasteiger partial charge in [-0.1, -0.05) is 27.7 Å². The summed E-state index contributed by atoms with van der Waals surface area (Å²) in [5.74, 6) is -1.19. The molecule has 2 aliphatic heterocycles. The number of hydrogen-bond acceptors (Lipinski definition) is 10. The Kier molecular flexibility index (Phi) is 14.3. The number of ether oxygens (including phenoxy) is 4. The third-order valence-electron chi connectivity index (χ3n) is 10.5. The van der Waals surface area contributed by atoms with Crippen LogP contribution in [0.1, 0.15) is 81.6 Å². The van der Waals surface area contributed by atoms with Gasteiger partial charge < -0.3 is 33.9 Å². The van der Waals surface area contributed by atoms with Crippen molar-refractivity contribution in [1.82, 2.24) is 14.7 Å². The van der Waals surface area contributed by atoms with Gasteiger partial charge in [-0.15, -0.1) is 0 Å². The van der Waals surface area contributed by atoms with Crippen molar-refractivity contribution in [3.63, 3.8) is 0 Å². The van der Waals surface area contributed by atoms with Crippen LogP contribution in [0, 0.1) is 23.2 Å². The van der Waals surface area contributed by atoms with Crippen LogP contribution in [0.25, 0.3) is 0 Å². The Morgan fingerprint density at radius 2 is 1.73 bits per heavy atom. The smallest absolute Gasteiger partial charge is 0.319 e. The number of hydrogen-bond donors (Lipinski definition) is 1. The minimum Gasteiger partial charge on any atom is -0.463 e. The van der Waals surface area contributed by atoms with Gasteiger partial charge in [0.25, 0.3) is 0 Å². The summed E-state index contributed by atoms with van der Waals surface area (Å²) in [7, 11) is 9.71. The van der Waals surface area contributed by atoms with E-state index in [1.807, 2.05) is 32.8 Å². The molecule has 0 aromatic heterocycles. The van der Waals surface area contributed by atoms with Crippen molar-refractivity contribution in [2.75, 3.05) is 55.0 Å². The molecule has 2 fully saturated rings. The molecule has 0 aromatic carbocycles. The molecule has 2 saturated heterocycles. The minimum atomic E-state index is -1.41. The molecule has 258 valence electrons. The second-order valence-corrected chi connectivity index (χ2v) is 15.0. The lowest BCUT2D eigenvalue weighted by atomic mass is 9.74. The fourth-order valence-corrected chi connectivity index (χ4v) is 7.35. The van der Waals surface area contributed by atoms with Gasteiger partial charge in [-0.2, -0.15) is 0 Å². The summed E-state index contributed by atoms with van der Waals surface area (Å²) in [5.41, 5.74) is -2.33. The van der Waals surface area contributed by atoms with Crippen molar-refractivity contribution in [2.45, 2.75) is 130 Å². The van der Waals surface area contributed by atoms with Crippen molar-refractivity contribution in [3.8, 4) is 0 Å². The highest BCUT2D eigenvalue weighted by Crippen LogP contribution is 2.38. The number of aliphatic hydroxyl groups is 1. The Morgan fingerprint density at radius 3 is 2.27 bits per heavy atom. The van der Waals surface area contributed by atoms with Gasteiger partial charge in [0.2, 0.25) is 0 Å². The fraction of sp³-hybridized carbons (Fsp3) is 0.941. The molecule has 0 amide bonds. The normalized spacial score (nSPS) is 38.0. The van der Waals surface area contributed by atoms with Crippen LogP contribution >= 0.6 is 0 Å². The van der Waals surface area contributed by atoms with E-state index in [1.165, 1.54) is 0 Å². The van der Waals surface area contributed by atoms with E-state index in [-0.39, 0.29) is 42.4 Å². The molecule has 0 spiro atoms. The molecule has 1 N–H and O–H groups in total. The van der Waals surface area contributed by atoms with Gasteiger partial charge in [0.1, 0.15) is 18.1 Å². The number of rotatable bonds is 9. The first-order valence-electron chi connectivity index (χ1n) is 16.6. The first-order valence-corrected chi connectivity index (χ1v) is 16.6. The maximum Gasteiger partial charge on any atom is 0.319 e. The van der Waals surface area contributed by atoms with Crippen LogP contribution in [-0.2, 0) is 28.5 Å². The third-order valence-corrected chi connectivity index (χ3v) is 10.5. The summed E-state index contributed by atoms with van der Waals surface area (Å²) in [4.78, 5) is 34.4. The molecule has 10 nitrogen and oxygen atoms in total. The number of ketones is 1. The van der Waals surface area contributed by atoms with Crippen LogP contribution in [0.3, 0.4) is 0 Å². The first-order chi connectivity index (χ1) is 20.3. The molecule has 0 saturated carbocycles. The van der Waals surface area contributed by atoms with Crippen LogP contribution in [-0.4, -0.2) is 135 Å². The number of nitrogens with zero attached hydrogens (tertiary/aromatic N) is 3. The Morgan fingerprint density at radius 1 is 1.11 bits per heavy atom. The SMILES string of the molecule is CCN(C)[C@@H](C)C[C@@H](C)[C@@H]1COC(=O)C(C)(C)C(=O)[C@H](C)[C@@H](O[C@@H]2O[C@H](C)C[C@H](N(C)C)[C@H]2O)[C@](C)(OC)C[C@@H](C)CN1C. The maximum atomic E-state index is 14.2. The van der Waals surface area contributed by atoms with E-state index in [1.54, 1.807) is 27.9 Å². The predicted molar refractivity (Wildman–Crippen MR) is 173 cm³/mol. The number of carbonyl (C=O) groups excluding carboxylic acids is 2. The van der Waals surface area contributed by atoms with Gasteiger partial charge in [-0.05, 0) is 100 Å². The van der Waals surface area contributed by atoms with Crippen LogP contribution in [0.15, 0.2) is 0 Å². The number of aliphatic hydroxyl groups excluding tert-OH is 1. The van der Waals surface area contributed by atoms with E-state index >= 15 is 0 Å². The second kappa shape index (κ2) is 16.1. The summed E-state index contributed by atoms with van der Waals surface area (Å²) in [6.07, 6.45) is -0.630. The van der Waals surface area contributed by atoms with Gasteiger partial charge in [0.05, 0.1) is 17.8 Å². The topological polar surface area (TPSA) is 101 Å². The van der Waals surface area contributed by atoms with E-state index in [9.17, 15) is 14.7 Å². The molecule has 11 atom stereocenters. The molecule has 0 bridgehead atoms. The predicted octanol–water partition coefficient (Wildman–Crippen LogP) is 3.68. The summed E-state index contributed by atoms with van der Waals surface area (Å²) < 4.78 is 25.0. The maximum absolute atomic E-state index is 14.2. The molecular weight excluding hydrogens is 562 g/mol. The summed E-state index contributed by atoms with van der Waals surface area (Å²) in [6, 6.07) is 0.187. The van der Waals surface area contributed by atoms with E-state index in [2.05, 4.69) is 51.6 Å². The second-order valence-electron chi connectivity index (χ2n) is 15.0. The molecular formula is C34H65N3O7. The number of likely N-dealkylation sites (N-methyl/N-ethyl adjacent to an activating group) is 2. The lowest BCUT2D eigenvalue weighted by Crippen LogP contribution is -2.59. The summed E-state index contributed by atoms with van der Waals surface area (Å²) in [6.45, 7) is 19.7. The van der Waals surface area contributed by atoms with E-state index in [0.29, 0.717) is 18.9 Å². The zero-order valence-electron chi connectivity index (χ0n) is 30.3. The Balaban J connectivity index is 2.51. The lowest BCUT2D eigenvalue weighted by Gasteiger charge is -2.47. The molecule has 10 heteroatoms. The Hall–Kier alpha value is -1.14. The number of cyclic esters (lactones) is 1. The number of esters is 1. The minimum absolute atomic E-state index is 0.0192. The molecule has 0 radical (unpaired) electrons. The van der Waals surface area contributed by atoms with Crippen molar-refractivity contribution >= 4 is 11.8 Å². The number of methoxy groups -OCH3 is 1. The lowest BCUT2D eigenvalue weighted by molar-refractivity contribution is -0.295. The van der Waals surface area contributed by atoms with Gasteiger partial charge in [0, 0.05) is 37.7 Å². The largest absolute Gasteiger partial charge is 0.463 e. The summed E-state index contributed by atoms with van der Waals surface area (Å²) in [5, 5.41) is 11.3. The average molecular weight is 628 g/mol. The molecule has 0 aliphatic carbocycles. The van der Waals surface area contributed by atoms with Crippen molar-refractivity contribution in [3.05, 3.63) is 0 Å². The van der Waals surface area contributed by atoms with Gasteiger partial charge in [-0.25, -0.2) is 0 Å². The standard InChI is InChI=1S/C34H65N3O7/c1-15-36(12)23(4)16-22(3)27-20-42-32(40)33(7,8)29(39)25(6)30(34(9,41-14)18-21(2)19-37(27)13)44-31-28(38)26(35(10)11)17-24(5)43-31/h21-28,30-31,38H,15-20H2,1-14H3/t21-,22-,23+,24-,25+,26+,27+,28-,30-,31+,34-/m1/s1. The molecule has 2 rings (SSSR count). The van der Waals surface area contributed by atoms with Crippen molar-refractivity contribution in [1.29, 1.82) is 0 Å². The molecule has 2 heterocycles. The Labute approximate surface area is 268 Å². The highest BCUT2D eigenvalue weighted by atomic mass is 16.7. The van der Waals surface area contributed by atoms with Gasteiger partial charge in [0.15, 0.2) is 12.1 Å². The molecule has 0 aromatic rings. The monoisotopic (exact) mass is 627 g/mol. The van der Waals surface area contributed by atoms with E-state index in [4.69, 9.17) is 18.9 Å². The number of carbonyl (C=O) groups is 2. The van der Waals surface area contributed by atoms with Crippen LogP contribution in [0.2, 0.25) is 0 Å². The first kappa shape index (κ1) is 39.0. The average Bonchev–Trinajstić information content (AvgIpc) is 2.95. The Bertz CT molecular complexity index is 933. The van der Waals surface area contributed by atoms with Gasteiger partial charge in [-0.3, -0.25) is 14.5 Å². The van der Waals surface area contributed by atoms with Crippen molar-refractivity contribution in [2.24, 2.45) is 23.2 Å². The molecule has 2 aliphatic rings. The highest BCUT2D eigenvalue weighted by molar-refractivity contribution is 6.04. The van der Waals surface area contributed by atoms with Crippen LogP contribution in [0.4, 0.5) is 0 Å². The molecule has 44 heavy (non-hydrogen) atoms. The van der Waals surface area contributed by atoms with Gasteiger partial charge >= 0.3 is 5.97 Å². The van der Waals surface area contributed by atoms with Crippen LogP contribution < -0.4 is 0 Å².